The minimum Gasteiger partial charge on any atom is -0.484 e. The Labute approximate surface area is 158 Å². The molecule has 0 atom stereocenters. The van der Waals surface area contributed by atoms with E-state index < -0.39 is 0 Å². The van der Waals surface area contributed by atoms with Crippen molar-refractivity contribution >= 4 is 23.3 Å². The first-order valence-corrected chi connectivity index (χ1v) is 8.75. The van der Waals surface area contributed by atoms with Crippen LogP contribution < -0.4 is 15.4 Å². The summed E-state index contributed by atoms with van der Waals surface area (Å²) in [5.74, 6) is 0.143. The lowest BCUT2D eigenvalue weighted by atomic mass is 10.1. The molecule has 6 heteroatoms. The van der Waals surface area contributed by atoms with Crippen LogP contribution in [0.15, 0.2) is 48.5 Å². The maximum absolute atomic E-state index is 11.9. The van der Waals surface area contributed by atoms with Gasteiger partial charge in [-0.1, -0.05) is 26.0 Å². The second-order valence-corrected chi connectivity index (χ2v) is 6.49. The maximum Gasteiger partial charge on any atom is 0.258 e. The number of carbonyl (C=O) groups excluding carboxylic acids is 3. The van der Waals surface area contributed by atoms with Crippen LogP contribution in [-0.2, 0) is 16.1 Å². The van der Waals surface area contributed by atoms with Crippen LogP contribution >= 0.6 is 0 Å². The average molecular weight is 368 g/mol. The molecule has 0 heterocycles. The summed E-state index contributed by atoms with van der Waals surface area (Å²) >= 11 is 0. The number of carbonyl (C=O) groups is 3. The van der Waals surface area contributed by atoms with Gasteiger partial charge >= 0.3 is 0 Å². The van der Waals surface area contributed by atoms with Gasteiger partial charge < -0.3 is 15.4 Å². The van der Waals surface area contributed by atoms with E-state index in [0.29, 0.717) is 17.9 Å². The van der Waals surface area contributed by atoms with E-state index in [1.54, 1.807) is 36.4 Å². The average Bonchev–Trinajstić information content (AvgIpc) is 2.66. The van der Waals surface area contributed by atoms with E-state index in [4.69, 9.17) is 4.74 Å². The van der Waals surface area contributed by atoms with Gasteiger partial charge in [-0.2, -0.15) is 0 Å². The highest BCUT2D eigenvalue weighted by molar-refractivity contribution is 5.94. The van der Waals surface area contributed by atoms with Gasteiger partial charge in [0.25, 0.3) is 5.91 Å². The number of rotatable bonds is 8. The molecule has 2 aromatic rings. The van der Waals surface area contributed by atoms with Gasteiger partial charge in [-0.05, 0) is 48.9 Å². The van der Waals surface area contributed by atoms with Gasteiger partial charge in [-0.25, -0.2) is 0 Å². The number of hydrogen-bond acceptors (Lipinski definition) is 4. The van der Waals surface area contributed by atoms with Crippen molar-refractivity contribution in [2.75, 3.05) is 11.9 Å². The first-order valence-electron chi connectivity index (χ1n) is 8.75. The smallest absolute Gasteiger partial charge is 0.258 e. The monoisotopic (exact) mass is 368 g/mol. The molecule has 2 amide bonds. The molecule has 0 saturated carbocycles. The molecule has 0 spiro atoms. The van der Waals surface area contributed by atoms with Gasteiger partial charge in [0.2, 0.25) is 5.91 Å². The number of ether oxygens (including phenoxy) is 1. The summed E-state index contributed by atoms with van der Waals surface area (Å²) in [6.45, 7) is 5.41. The lowest BCUT2D eigenvalue weighted by Crippen LogP contribution is -2.28. The van der Waals surface area contributed by atoms with E-state index in [9.17, 15) is 14.4 Å². The number of nitrogens with one attached hydrogen (secondary N) is 2. The van der Waals surface area contributed by atoms with Crippen molar-refractivity contribution in [3.05, 3.63) is 59.7 Å². The van der Waals surface area contributed by atoms with Crippen LogP contribution in [-0.4, -0.2) is 24.2 Å². The number of benzene rings is 2. The fourth-order valence-corrected chi connectivity index (χ4v) is 2.18. The van der Waals surface area contributed by atoms with Crippen molar-refractivity contribution in [2.45, 2.75) is 27.3 Å². The Kier molecular flexibility index (Phi) is 7.11. The molecular formula is C21H24N2O4. The van der Waals surface area contributed by atoms with Crippen LogP contribution in [0.25, 0.3) is 0 Å². The standard InChI is InChI=1S/C21H24N2O4/c1-14(2)21(26)23-18-8-4-16(5-9-18)12-22-20(25)13-27-19-10-6-17(7-11-19)15(3)24/h4-11,14H,12-13H2,1-3H3,(H,22,25)(H,23,26). The van der Waals surface area contributed by atoms with Crippen LogP contribution in [0.5, 0.6) is 5.75 Å². The third-order valence-corrected chi connectivity index (χ3v) is 3.87. The number of Topliss-reactive ketones (excluding diaryl/α,β-unsaturated/α-hetero) is 1. The quantitative estimate of drug-likeness (QED) is 0.701. The largest absolute Gasteiger partial charge is 0.484 e. The van der Waals surface area contributed by atoms with Gasteiger partial charge in [0.1, 0.15) is 5.75 Å². The zero-order chi connectivity index (χ0) is 19.8. The Hall–Kier alpha value is -3.15. The topological polar surface area (TPSA) is 84.5 Å². The summed E-state index contributed by atoms with van der Waals surface area (Å²) in [6, 6.07) is 13.9. The van der Waals surface area contributed by atoms with E-state index in [1.165, 1.54) is 6.92 Å². The molecule has 0 aliphatic heterocycles. The van der Waals surface area contributed by atoms with Crippen molar-refractivity contribution in [1.82, 2.24) is 5.32 Å². The van der Waals surface area contributed by atoms with E-state index in [-0.39, 0.29) is 30.1 Å². The lowest BCUT2D eigenvalue weighted by Gasteiger charge is -2.10. The highest BCUT2D eigenvalue weighted by atomic mass is 16.5. The Balaban J connectivity index is 1.76. The molecule has 2 rings (SSSR count). The second-order valence-electron chi connectivity index (χ2n) is 6.49. The van der Waals surface area contributed by atoms with Gasteiger partial charge in [0, 0.05) is 23.7 Å². The summed E-state index contributed by atoms with van der Waals surface area (Å²) in [5.41, 5.74) is 2.23. The minimum absolute atomic E-state index is 0.0194. The Morgan fingerprint density at radius 3 is 2.15 bits per heavy atom. The fourth-order valence-electron chi connectivity index (χ4n) is 2.18. The van der Waals surface area contributed by atoms with E-state index >= 15 is 0 Å². The van der Waals surface area contributed by atoms with Crippen molar-refractivity contribution < 1.29 is 19.1 Å². The van der Waals surface area contributed by atoms with Gasteiger partial charge in [-0.3, -0.25) is 14.4 Å². The molecule has 2 aromatic carbocycles. The lowest BCUT2D eigenvalue weighted by molar-refractivity contribution is -0.123. The predicted octanol–water partition coefficient (Wildman–Crippen LogP) is 3.18. The third-order valence-electron chi connectivity index (χ3n) is 3.87. The van der Waals surface area contributed by atoms with E-state index in [0.717, 1.165) is 11.3 Å². The Morgan fingerprint density at radius 1 is 0.963 bits per heavy atom. The van der Waals surface area contributed by atoms with Crippen molar-refractivity contribution in [1.29, 1.82) is 0 Å². The zero-order valence-corrected chi connectivity index (χ0v) is 15.7. The maximum atomic E-state index is 11.9. The number of amides is 2. The van der Waals surface area contributed by atoms with Crippen molar-refractivity contribution in [2.24, 2.45) is 5.92 Å². The minimum atomic E-state index is -0.247. The molecule has 0 unspecified atom stereocenters. The number of anilines is 1. The molecule has 6 nitrogen and oxygen atoms in total. The predicted molar refractivity (Wildman–Crippen MR) is 104 cm³/mol. The summed E-state index contributed by atoms with van der Waals surface area (Å²) in [4.78, 5) is 34.8. The van der Waals surface area contributed by atoms with Crippen LogP contribution in [0.4, 0.5) is 5.69 Å². The molecule has 0 aromatic heterocycles. The fraction of sp³-hybridized carbons (Fsp3) is 0.286. The van der Waals surface area contributed by atoms with Gasteiger partial charge in [0.05, 0.1) is 0 Å². The highest BCUT2D eigenvalue weighted by Crippen LogP contribution is 2.13. The summed E-state index contributed by atoms with van der Waals surface area (Å²) < 4.78 is 5.41. The SMILES string of the molecule is CC(=O)c1ccc(OCC(=O)NCc2ccc(NC(=O)C(C)C)cc2)cc1. The summed E-state index contributed by atoms with van der Waals surface area (Å²) in [6.07, 6.45) is 0. The third kappa shape index (κ3) is 6.58. The zero-order valence-electron chi connectivity index (χ0n) is 15.7. The van der Waals surface area contributed by atoms with E-state index in [2.05, 4.69) is 10.6 Å². The molecule has 0 bridgehead atoms. The van der Waals surface area contributed by atoms with E-state index in [1.807, 2.05) is 26.0 Å². The molecular weight excluding hydrogens is 344 g/mol. The number of ketones is 1. The van der Waals surface area contributed by atoms with Crippen LogP contribution in [0, 0.1) is 5.92 Å². The molecule has 2 N–H and O–H groups in total. The summed E-state index contributed by atoms with van der Waals surface area (Å²) in [7, 11) is 0. The molecule has 0 aliphatic carbocycles. The first-order chi connectivity index (χ1) is 12.8. The Bertz CT molecular complexity index is 796. The van der Waals surface area contributed by atoms with Crippen LogP contribution in [0.3, 0.4) is 0 Å². The molecule has 0 radical (unpaired) electrons. The molecule has 0 saturated heterocycles. The van der Waals surface area contributed by atoms with Crippen LogP contribution in [0.2, 0.25) is 0 Å². The van der Waals surface area contributed by atoms with Crippen LogP contribution in [0.1, 0.15) is 36.7 Å². The van der Waals surface area contributed by atoms with Crippen molar-refractivity contribution in [3.8, 4) is 5.75 Å². The van der Waals surface area contributed by atoms with Gasteiger partial charge in [-0.15, -0.1) is 0 Å². The second kappa shape index (κ2) is 9.52. The Morgan fingerprint density at radius 2 is 1.59 bits per heavy atom. The molecule has 0 fully saturated rings. The molecule has 142 valence electrons. The van der Waals surface area contributed by atoms with Gasteiger partial charge in [0.15, 0.2) is 12.4 Å². The molecule has 27 heavy (non-hydrogen) atoms. The first kappa shape index (κ1) is 20.2. The highest BCUT2D eigenvalue weighted by Gasteiger charge is 2.07. The summed E-state index contributed by atoms with van der Waals surface area (Å²) in [5, 5.41) is 5.59. The normalized spacial score (nSPS) is 10.4. The van der Waals surface area contributed by atoms with Crippen molar-refractivity contribution in [3.63, 3.8) is 0 Å². The molecule has 0 aliphatic rings. The number of hydrogen-bond donors (Lipinski definition) is 2.